The van der Waals surface area contributed by atoms with Gasteiger partial charge in [-0.05, 0) is 48.2 Å². The Kier molecular flexibility index (Phi) is 4.86. The molecular formula is C19H22O3. The number of hydrogen-bond donors (Lipinski definition) is 0. The Morgan fingerprint density at radius 2 is 1.68 bits per heavy atom. The van der Waals surface area contributed by atoms with Crippen LogP contribution in [0.25, 0.3) is 0 Å². The maximum absolute atomic E-state index is 12.2. The molecule has 2 aromatic carbocycles. The minimum absolute atomic E-state index is 0.0777. The third kappa shape index (κ3) is 4.10. The minimum atomic E-state index is -0.384. The quantitative estimate of drug-likeness (QED) is 0.611. The zero-order valence-corrected chi connectivity index (χ0v) is 13.6. The molecule has 0 saturated carbocycles. The van der Waals surface area contributed by atoms with E-state index in [1.807, 2.05) is 37.3 Å². The molecule has 0 N–H and O–H groups in total. The predicted octanol–water partition coefficient (Wildman–Crippen LogP) is 4.60. The van der Waals surface area contributed by atoms with Crippen LogP contribution < -0.4 is 9.47 Å². The molecule has 2 rings (SSSR count). The number of hydrogen-bond acceptors (Lipinski definition) is 3. The molecule has 0 aliphatic carbocycles. The second-order valence-corrected chi connectivity index (χ2v) is 6.12. The monoisotopic (exact) mass is 298 g/mol. The van der Waals surface area contributed by atoms with Crippen molar-refractivity contribution in [2.75, 3.05) is 6.61 Å². The summed E-state index contributed by atoms with van der Waals surface area (Å²) in [4.78, 5) is 12.2. The molecule has 116 valence electrons. The minimum Gasteiger partial charge on any atom is -0.494 e. The summed E-state index contributed by atoms with van der Waals surface area (Å²) in [6.07, 6.45) is 0. The summed E-state index contributed by atoms with van der Waals surface area (Å²) in [5, 5.41) is 0. The van der Waals surface area contributed by atoms with Gasteiger partial charge in [0, 0.05) is 0 Å². The zero-order chi connectivity index (χ0) is 16.2. The molecule has 0 radical (unpaired) electrons. The third-order valence-corrected chi connectivity index (χ3v) is 3.31. The lowest BCUT2D eigenvalue weighted by Gasteiger charge is -2.19. The second kappa shape index (κ2) is 6.65. The standard InChI is InChI=1S/C19H22O3/c1-5-21-17-8-6-7-14(13-17)18(20)22-16-11-9-15(10-12-16)19(2,3)4/h6-13H,5H2,1-4H3. The van der Waals surface area contributed by atoms with Crippen molar-refractivity contribution in [2.45, 2.75) is 33.1 Å². The van der Waals surface area contributed by atoms with Crippen molar-refractivity contribution in [2.24, 2.45) is 0 Å². The Morgan fingerprint density at radius 3 is 2.27 bits per heavy atom. The molecule has 0 aliphatic heterocycles. The van der Waals surface area contributed by atoms with Crippen molar-refractivity contribution in [1.29, 1.82) is 0 Å². The van der Waals surface area contributed by atoms with E-state index in [-0.39, 0.29) is 11.4 Å². The molecule has 0 aliphatic rings. The fraction of sp³-hybridized carbons (Fsp3) is 0.316. The molecular weight excluding hydrogens is 276 g/mol. The molecule has 3 nitrogen and oxygen atoms in total. The maximum Gasteiger partial charge on any atom is 0.343 e. The highest BCUT2D eigenvalue weighted by Gasteiger charge is 2.14. The summed E-state index contributed by atoms with van der Waals surface area (Å²) in [6.45, 7) is 8.91. The van der Waals surface area contributed by atoms with Gasteiger partial charge in [0.2, 0.25) is 0 Å². The first kappa shape index (κ1) is 16.1. The van der Waals surface area contributed by atoms with E-state index < -0.39 is 0 Å². The van der Waals surface area contributed by atoms with E-state index >= 15 is 0 Å². The number of carbonyl (C=O) groups is 1. The fourth-order valence-corrected chi connectivity index (χ4v) is 2.07. The van der Waals surface area contributed by atoms with Crippen LogP contribution in [0, 0.1) is 0 Å². The first-order valence-electron chi connectivity index (χ1n) is 7.46. The van der Waals surface area contributed by atoms with Crippen molar-refractivity contribution in [3.8, 4) is 11.5 Å². The van der Waals surface area contributed by atoms with Gasteiger partial charge in [0.1, 0.15) is 11.5 Å². The highest BCUT2D eigenvalue weighted by molar-refractivity contribution is 5.91. The molecule has 0 saturated heterocycles. The van der Waals surface area contributed by atoms with Gasteiger partial charge in [-0.3, -0.25) is 0 Å². The van der Waals surface area contributed by atoms with Crippen LogP contribution >= 0.6 is 0 Å². The van der Waals surface area contributed by atoms with Gasteiger partial charge in [0.15, 0.2) is 0 Å². The lowest BCUT2D eigenvalue weighted by molar-refractivity contribution is 0.0734. The van der Waals surface area contributed by atoms with Crippen LogP contribution in [-0.4, -0.2) is 12.6 Å². The van der Waals surface area contributed by atoms with Gasteiger partial charge in [-0.2, -0.15) is 0 Å². The summed E-state index contributed by atoms with van der Waals surface area (Å²) in [5.74, 6) is 0.824. The van der Waals surface area contributed by atoms with Crippen LogP contribution in [0.15, 0.2) is 48.5 Å². The number of esters is 1. The fourth-order valence-electron chi connectivity index (χ4n) is 2.07. The van der Waals surface area contributed by atoms with Crippen molar-refractivity contribution in [3.63, 3.8) is 0 Å². The Hall–Kier alpha value is -2.29. The Labute approximate surface area is 131 Å². The van der Waals surface area contributed by atoms with E-state index in [2.05, 4.69) is 20.8 Å². The van der Waals surface area contributed by atoms with Gasteiger partial charge < -0.3 is 9.47 Å². The lowest BCUT2D eigenvalue weighted by atomic mass is 9.87. The van der Waals surface area contributed by atoms with E-state index in [0.717, 1.165) is 0 Å². The van der Waals surface area contributed by atoms with Crippen LogP contribution in [-0.2, 0) is 5.41 Å². The first-order chi connectivity index (χ1) is 10.4. The van der Waals surface area contributed by atoms with Crippen LogP contribution in [0.3, 0.4) is 0 Å². The van der Waals surface area contributed by atoms with E-state index in [1.165, 1.54) is 5.56 Å². The Morgan fingerprint density at radius 1 is 1.00 bits per heavy atom. The van der Waals surface area contributed by atoms with Crippen molar-refractivity contribution >= 4 is 5.97 Å². The molecule has 0 fully saturated rings. The molecule has 0 atom stereocenters. The molecule has 2 aromatic rings. The molecule has 0 aromatic heterocycles. The van der Waals surface area contributed by atoms with Gasteiger partial charge in [0.25, 0.3) is 0 Å². The summed E-state index contributed by atoms with van der Waals surface area (Å²) in [5.41, 5.74) is 1.76. The third-order valence-electron chi connectivity index (χ3n) is 3.31. The molecule has 0 bridgehead atoms. The van der Waals surface area contributed by atoms with Gasteiger partial charge in [-0.1, -0.05) is 39.0 Å². The lowest BCUT2D eigenvalue weighted by Crippen LogP contribution is -2.12. The zero-order valence-electron chi connectivity index (χ0n) is 13.6. The molecule has 22 heavy (non-hydrogen) atoms. The molecule has 0 unspecified atom stereocenters. The molecule has 0 heterocycles. The molecule has 0 amide bonds. The van der Waals surface area contributed by atoms with Crippen LogP contribution in [0.2, 0.25) is 0 Å². The van der Waals surface area contributed by atoms with Gasteiger partial charge in [-0.15, -0.1) is 0 Å². The SMILES string of the molecule is CCOc1cccc(C(=O)Oc2ccc(C(C)(C)C)cc2)c1. The largest absolute Gasteiger partial charge is 0.494 e. The normalized spacial score (nSPS) is 11.1. The van der Waals surface area contributed by atoms with Crippen LogP contribution in [0.5, 0.6) is 11.5 Å². The predicted molar refractivity (Wildman–Crippen MR) is 87.7 cm³/mol. The van der Waals surface area contributed by atoms with E-state index in [9.17, 15) is 4.79 Å². The van der Waals surface area contributed by atoms with E-state index in [0.29, 0.717) is 23.7 Å². The smallest absolute Gasteiger partial charge is 0.343 e. The van der Waals surface area contributed by atoms with Gasteiger partial charge >= 0.3 is 5.97 Å². The summed E-state index contributed by atoms with van der Waals surface area (Å²) in [7, 11) is 0. The van der Waals surface area contributed by atoms with E-state index in [1.54, 1.807) is 18.2 Å². The van der Waals surface area contributed by atoms with Gasteiger partial charge in [-0.25, -0.2) is 4.79 Å². The number of ether oxygens (including phenoxy) is 2. The van der Waals surface area contributed by atoms with Gasteiger partial charge in [0.05, 0.1) is 12.2 Å². The highest BCUT2D eigenvalue weighted by Crippen LogP contribution is 2.24. The maximum atomic E-state index is 12.2. The molecule has 0 spiro atoms. The summed E-state index contributed by atoms with van der Waals surface area (Å²) in [6, 6.07) is 14.6. The second-order valence-electron chi connectivity index (χ2n) is 6.12. The summed E-state index contributed by atoms with van der Waals surface area (Å²) < 4.78 is 10.8. The average Bonchev–Trinajstić information content (AvgIpc) is 2.47. The average molecular weight is 298 g/mol. The number of rotatable bonds is 4. The van der Waals surface area contributed by atoms with Crippen LogP contribution in [0.1, 0.15) is 43.6 Å². The highest BCUT2D eigenvalue weighted by atomic mass is 16.5. The molecule has 3 heteroatoms. The van der Waals surface area contributed by atoms with Crippen molar-refractivity contribution < 1.29 is 14.3 Å². The first-order valence-corrected chi connectivity index (χ1v) is 7.46. The van der Waals surface area contributed by atoms with Crippen LogP contribution in [0.4, 0.5) is 0 Å². The summed E-state index contributed by atoms with van der Waals surface area (Å²) >= 11 is 0. The number of carbonyl (C=O) groups excluding carboxylic acids is 1. The van der Waals surface area contributed by atoms with E-state index in [4.69, 9.17) is 9.47 Å². The Balaban J connectivity index is 2.10. The Bertz CT molecular complexity index is 636. The topological polar surface area (TPSA) is 35.5 Å². The number of benzene rings is 2. The van der Waals surface area contributed by atoms with Crippen molar-refractivity contribution in [1.82, 2.24) is 0 Å². The van der Waals surface area contributed by atoms with Crippen molar-refractivity contribution in [3.05, 3.63) is 59.7 Å².